The Hall–Kier alpha value is -0.220. The summed E-state index contributed by atoms with van der Waals surface area (Å²) in [5, 5.41) is 10.5. The number of ether oxygens (including phenoxy) is 1. The molecular formula is C14H22F2O2. The van der Waals surface area contributed by atoms with Crippen molar-refractivity contribution >= 4 is 0 Å². The normalized spacial score (nSPS) is 46.7. The Kier molecular flexibility index (Phi) is 2.76. The highest BCUT2D eigenvalue weighted by Gasteiger charge is 2.57. The number of rotatable bonds is 4. The van der Waals surface area contributed by atoms with E-state index in [1.807, 2.05) is 0 Å². The maximum atomic E-state index is 12.8. The molecular weight excluding hydrogens is 238 g/mol. The molecule has 4 aliphatic carbocycles. The molecule has 2 unspecified atom stereocenters. The summed E-state index contributed by atoms with van der Waals surface area (Å²) in [6, 6.07) is 0. The van der Waals surface area contributed by atoms with Gasteiger partial charge in [0.05, 0.1) is 12.2 Å². The molecule has 2 atom stereocenters. The molecule has 0 aliphatic heterocycles. The number of alkyl halides is 2. The quantitative estimate of drug-likeness (QED) is 0.842. The fourth-order valence-electron chi connectivity index (χ4n) is 5.02. The molecule has 4 bridgehead atoms. The van der Waals surface area contributed by atoms with Gasteiger partial charge in [0.1, 0.15) is 6.61 Å². The number of aliphatic hydroxyl groups is 1. The number of hydrogen-bond acceptors (Lipinski definition) is 2. The van der Waals surface area contributed by atoms with Crippen LogP contribution in [0.4, 0.5) is 8.78 Å². The van der Waals surface area contributed by atoms with Gasteiger partial charge in [-0.15, -0.1) is 0 Å². The van der Waals surface area contributed by atoms with E-state index < -0.39 is 18.1 Å². The first kappa shape index (κ1) is 12.8. The molecule has 0 radical (unpaired) electrons. The van der Waals surface area contributed by atoms with Gasteiger partial charge in [-0.25, -0.2) is 8.78 Å². The van der Waals surface area contributed by atoms with E-state index in [4.69, 9.17) is 4.74 Å². The molecule has 4 saturated carbocycles. The zero-order chi connectivity index (χ0) is 13.0. The summed E-state index contributed by atoms with van der Waals surface area (Å²) in [6.07, 6.45) is 5.91. The zero-order valence-corrected chi connectivity index (χ0v) is 10.9. The first-order chi connectivity index (χ1) is 8.28. The van der Waals surface area contributed by atoms with Crippen LogP contribution >= 0.6 is 0 Å². The fraction of sp³-hybridized carbons (Fsp3) is 1.00. The van der Waals surface area contributed by atoms with Crippen LogP contribution in [0, 0.1) is 17.3 Å². The highest BCUT2D eigenvalue weighted by molar-refractivity contribution is 5.08. The fourth-order valence-corrected chi connectivity index (χ4v) is 5.02. The molecule has 4 heteroatoms. The third-order valence-electron chi connectivity index (χ3n) is 4.92. The molecule has 4 fully saturated rings. The average Bonchev–Trinajstić information content (AvgIpc) is 2.09. The molecule has 4 rings (SSSR count). The summed E-state index contributed by atoms with van der Waals surface area (Å²) in [5.41, 5.74) is -0.549. The summed E-state index contributed by atoms with van der Waals surface area (Å²) in [4.78, 5) is 0. The smallest absolute Gasteiger partial charge is 0.268 e. The van der Waals surface area contributed by atoms with Gasteiger partial charge in [0.15, 0.2) is 0 Å². The minimum absolute atomic E-state index is 0.0237. The second-order valence-corrected chi connectivity index (χ2v) is 7.25. The lowest BCUT2D eigenvalue weighted by Gasteiger charge is -2.60. The monoisotopic (exact) mass is 260 g/mol. The predicted molar refractivity (Wildman–Crippen MR) is 63.5 cm³/mol. The summed E-state index contributed by atoms with van der Waals surface area (Å²) in [7, 11) is 0. The summed E-state index contributed by atoms with van der Waals surface area (Å²) < 4.78 is 30.8. The van der Waals surface area contributed by atoms with Crippen LogP contribution in [0.2, 0.25) is 0 Å². The van der Waals surface area contributed by atoms with Crippen molar-refractivity contribution in [1.29, 1.82) is 0 Å². The maximum absolute atomic E-state index is 12.8. The van der Waals surface area contributed by atoms with Gasteiger partial charge in [0.2, 0.25) is 0 Å². The van der Waals surface area contributed by atoms with E-state index in [1.54, 1.807) is 0 Å². The molecule has 0 aromatic rings. The molecule has 0 saturated heterocycles. The minimum Gasteiger partial charge on any atom is -0.390 e. The van der Waals surface area contributed by atoms with Gasteiger partial charge in [0.25, 0.3) is 5.92 Å². The highest BCUT2D eigenvalue weighted by atomic mass is 19.3. The highest BCUT2D eigenvalue weighted by Crippen LogP contribution is 2.61. The topological polar surface area (TPSA) is 29.5 Å². The van der Waals surface area contributed by atoms with Crippen LogP contribution in [-0.2, 0) is 4.74 Å². The lowest BCUT2D eigenvalue weighted by atomic mass is 9.48. The number of halogens is 2. The SMILES string of the molecule is CC(F)(F)COCC12CC3CC(CC(O)(C3)C1)C2. The van der Waals surface area contributed by atoms with Crippen LogP contribution in [0.5, 0.6) is 0 Å². The molecule has 0 heterocycles. The van der Waals surface area contributed by atoms with Crippen molar-refractivity contribution in [2.24, 2.45) is 17.3 Å². The molecule has 104 valence electrons. The van der Waals surface area contributed by atoms with Crippen LogP contribution in [0.15, 0.2) is 0 Å². The first-order valence-corrected chi connectivity index (χ1v) is 6.96. The van der Waals surface area contributed by atoms with Gasteiger partial charge in [-0.1, -0.05) is 0 Å². The van der Waals surface area contributed by atoms with Gasteiger partial charge in [-0.3, -0.25) is 0 Å². The molecule has 18 heavy (non-hydrogen) atoms. The Balaban J connectivity index is 1.64. The van der Waals surface area contributed by atoms with E-state index in [2.05, 4.69) is 0 Å². The predicted octanol–water partition coefficient (Wildman–Crippen LogP) is 2.99. The Morgan fingerprint density at radius 1 is 1.22 bits per heavy atom. The van der Waals surface area contributed by atoms with Gasteiger partial charge in [-0.05, 0) is 55.8 Å². The molecule has 1 N–H and O–H groups in total. The third kappa shape index (κ3) is 2.42. The van der Waals surface area contributed by atoms with Crippen molar-refractivity contribution in [2.75, 3.05) is 13.2 Å². The van der Waals surface area contributed by atoms with E-state index >= 15 is 0 Å². The standard InChI is InChI=1S/C14H22F2O2/c1-12(15,16)8-18-9-13-3-10-2-11(4-13)6-14(17,5-10)7-13/h10-11,17H,2-9H2,1H3. The molecule has 0 amide bonds. The Labute approximate surface area is 107 Å². The lowest BCUT2D eigenvalue weighted by molar-refractivity contribution is -0.188. The molecule has 0 spiro atoms. The van der Waals surface area contributed by atoms with Crippen LogP contribution in [0.25, 0.3) is 0 Å². The Morgan fingerprint density at radius 2 is 1.83 bits per heavy atom. The first-order valence-electron chi connectivity index (χ1n) is 6.96. The second-order valence-electron chi connectivity index (χ2n) is 7.25. The van der Waals surface area contributed by atoms with E-state index in [0.717, 1.165) is 39.0 Å². The van der Waals surface area contributed by atoms with E-state index in [1.165, 1.54) is 6.42 Å². The van der Waals surface area contributed by atoms with Crippen molar-refractivity contribution in [3.8, 4) is 0 Å². The van der Waals surface area contributed by atoms with Crippen molar-refractivity contribution in [1.82, 2.24) is 0 Å². The second kappa shape index (κ2) is 3.89. The molecule has 2 nitrogen and oxygen atoms in total. The molecule has 0 aromatic carbocycles. The third-order valence-corrected chi connectivity index (χ3v) is 4.92. The van der Waals surface area contributed by atoms with Crippen molar-refractivity contribution < 1.29 is 18.6 Å². The molecule has 4 aliphatic rings. The van der Waals surface area contributed by atoms with Crippen LogP contribution in [0.1, 0.15) is 45.4 Å². The van der Waals surface area contributed by atoms with Gasteiger partial charge >= 0.3 is 0 Å². The van der Waals surface area contributed by atoms with Crippen molar-refractivity contribution in [3.05, 3.63) is 0 Å². The van der Waals surface area contributed by atoms with Crippen LogP contribution < -0.4 is 0 Å². The lowest BCUT2D eigenvalue weighted by Crippen LogP contribution is -2.57. The number of hydrogen-bond donors (Lipinski definition) is 1. The summed E-state index contributed by atoms with van der Waals surface area (Å²) >= 11 is 0. The Bertz CT molecular complexity index is 323. The van der Waals surface area contributed by atoms with E-state index in [0.29, 0.717) is 18.4 Å². The molecule has 0 aromatic heterocycles. The zero-order valence-electron chi connectivity index (χ0n) is 10.9. The van der Waals surface area contributed by atoms with Gasteiger partial charge in [0, 0.05) is 6.92 Å². The van der Waals surface area contributed by atoms with E-state index in [9.17, 15) is 13.9 Å². The largest absolute Gasteiger partial charge is 0.390 e. The van der Waals surface area contributed by atoms with E-state index in [-0.39, 0.29) is 5.41 Å². The minimum atomic E-state index is -2.75. The van der Waals surface area contributed by atoms with Gasteiger partial charge < -0.3 is 9.84 Å². The summed E-state index contributed by atoms with van der Waals surface area (Å²) in [5.74, 6) is -1.58. The van der Waals surface area contributed by atoms with Crippen LogP contribution in [-0.4, -0.2) is 29.8 Å². The average molecular weight is 260 g/mol. The maximum Gasteiger partial charge on any atom is 0.268 e. The van der Waals surface area contributed by atoms with Crippen molar-refractivity contribution in [3.63, 3.8) is 0 Å². The van der Waals surface area contributed by atoms with Gasteiger partial charge in [-0.2, -0.15) is 0 Å². The van der Waals surface area contributed by atoms with Crippen molar-refractivity contribution in [2.45, 2.75) is 57.0 Å². The van der Waals surface area contributed by atoms with Crippen LogP contribution in [0.3, 0.4) is 0 Å². The Morgan fingerprint density at radius 3 is 2.33 bits per heavy atom. The summed E-state index contributed by atoms with van der Waals surface area (Å²) in [6.45, 7) is 0.786.